The van der Waals surface area contributed by atoms with Crippen LogP contribution in [0, 0.1) is 0 Å². The van der Waals surface area contributed by atoms with Crippen molar-refractivity contribution in [2.45, 2.75) is 0 Å². The molecule has 0 aliphatic heterocycles. The first kappa shape index (κ1) is 12.4. The number of hydrogen-bond donors (Lipinski definition) is 0. The van der Waals surface area contributed by atoms with Crippen molar-refractivity contribution in [3.8, 4) is 17.0 Å². The molecule has 20 heavy (non-hydrogen) atoms. The van der Waals surface area contributed by atoms with Gasteiger partial charge in [-0.2, -0.15) is 0 Å². The van der Waals surface area contributed by atoms with Crippen molar-refractivity contribution in [1.29, 1.82) is 0 Å². The second-order valence-electron chi connectivity index (χ2n) is 4.44. The third-order valence-electron chi connectivity index (χ3n) is 3.26. The molecule has 0 radical (unpaired) electrons. The van der Waals surface area contributed by atoms with E-state index in [1.807, 2.05) is 48.5 Å². The maximum atomic E-state index is 11.2. The lowest BCUT2D eigenvalue weighted by Gasteiger charge is -2.11. The molecule has 3 nitrogen and oxygen atoms in total. The largest absolute Gasteiger partial charge is 0.481 e. The number of aldehydes is 1. The van der Waals surface area contributed by atoms with Crippen molar-refractivity contribution in [2.75, 3.05) is 7.11 Å². The molecule has 0 saturated heterocycles. The van der Waals surface area contributed by atoms with Gasteiger partial charge in [-0.1, -0.05) is 42.5 Å². The molecule has 0 bridgehead atoms. The Morgan fingerprint density at radius 3 is 2.55 bits per heavy atom. The van der Waals surface area contributed by atoms with Gasteiger partial charge >= 0.3 is 0 Å². The van der Waals surface area contributed by atoms with E-state index < -0.39 is 0 Å². The van der Waals surface area contributed by atoms with E-state index in [0.29, 0.717) is 11.4 Å². The predicted molar refractivity (Wildman–Crippen MR) is 79.1 cm³/mol. The first-order valence-corrected chi connectivity index (χ1v) is 6.32. The highest BCUT2D eigenvalue weighted by Crippen LogP contribution is 2.33. The molecule has 98 valence electrons. The summed E-state index contributed by atoms with van der Waals surface area (Å²) in [5.74, 6) is 0.526. The van der Waals surface area contributed by atoms with Crippen LogP contribution in [0.15, 0.2) is 54.6 Å². The minimum absolute atomic E-state index is 0.526. The molecular weight excluding hydrogens is 250 g/mol. The van der Waals surface area contributed by atoms with Crippen molar-refractivity contribution in [2.24, 2.45) is 0 Å². The first-order chi connectivity index (χ1) is 9.83. The number of ether oxygens (including phenoxy) is 1. The molecule has 1 heterocycles. The minimum atomic E-state index is 0.526. The van der Waals surface area contributed by atoms with E-state index in [0.717, 1.165) is 28.3 Å². The van der Waals surface area contributed by atoms with Gasteiger partial charge in [-0.15, -0.1) is 0 Å². The summed E-state index contributed by atoms with van der Waals surface area (Å²) in [5, 5.41) is 1.02. The van der Waals surface area contributed by atoms with E-state index in [9.17, 15) is 4.79 Å². The van der Waals surface area contributed by atoms with Crippen LogP contribution in [-0.4, -0.2) is 18.4 Å². The minimum Gasteiger partial charge on any atom is -0.481 e. The van der Waals surface area contributed by atoms with Crippen LogP contribution in [0.4, 0.5) is 0 Å². The van der Waals surface area contributed by atoms with Gasteiger partial charge in [-0.3, -0.25) is 4.79 Å². The molecule has 0 atom stereocenters. The van der Waals surface area contributed by atoms with Crippen LogP contribution in [-0.2, 0) is 0 Å². The fraction of sp³-hybridized carbons (Fsp3) is 0.0588. The average molecular weight is 263 g/mol. The summed E-state index contributed by atoms with van der Waals surface area (Å²) in [4.78, 5) is 15.7. The molecule has 0 unspecified atom stereocenters. The van der Waals surface area contributed by atoms with E-state index in [1.165, 1.54) is 0 Å². The Morgan fingerprint density at radius 2 is 1.75 bits per heavy atom. The van der Waals surface area contributed by atoms with Gasteiger partial charge in [0, 0.05) is 16.5 Å². The van der Waals surface area contributed by atoms with Gasteiger partial charge in [0.1, 0.15) is 0 Å². The van der Waals surface area contributed by atoms with Crippen LogP contribution < -0.4 is 4.74 Å². The molecule has 2 aromatic carbocycles. The topological polar surface area (TPSA) is 39.2 Å². The standard InChI is InChI=1S/C17H13NO2/c1-20-17-15(14-8-4-2-7-13(14)11-19)10-12-6-3-5-9-16(12)18-17/h2-11H,1H3. The molecule has 0 aliphatic rings. The van der Waals surface area contributed by atoms with Crippen LogP contribution in [0.1, 0.15) is 10.4 Å². The molecule has 0 aliphatic carbocycles. The molecule has 0 amide bonds. The number of rotatable bonds is 3. The highest BCUT2D eigenvalue weighted by atomic mass is 16.5. The Hall–Kier alpha value is -2.68. The zero-order chi connectivity index (χ0) is 13.9. The van der Waals surface area contributed by atoms with Crippen LogP contribution in [0.3, 0.4) is 0 Å². The van der Waals surface area contributed by atoms with Gasteiger partial charge in [-0.05, 0) is 17.7 Å². The Morgan fingerprint density at radius 1 is 1.00 bits per heavy atom. The zero-order valence-corrected chi connectivity index (χ0v) is 11.0. The van der Waals surface area contributed by atoms with Gasteiger partial charge in [0.05, 0.1) is 12.6 Å². The quantitative estimate of drug-likeness (QED) is 0.676. The number of carbonyl (C=O) groups excluding carboxylic acids is 1. The third kappa shape index (κ3) is 2.03. The fourth-order valence-electron chi connectivity index (χ4n) is 2.29. The monoisotopic (exact) mass is 263 g/mol. The summed E-state index contributed by atoms with van der Waals surface area (Å²) in [6, 6.07) is 17.3. The van der Waals surface area contributed by atoms with Gasteiger partial charge in [0.15, 0.2) is 6.29 Å². The van der Waals surface area contributed by atoms with Crippen LogP contribution in [0.25, 0.3) is 22.0 Å². The smallest absolute Gasteiger partial charge is 0.221 e. The molecular formula is C17H13NO2. The second kappa shape index (κ2) is 5.13. The summed E-state index contributed by atoms with van der Waals surface area (Å²) in [6.07, 6.45) is 0.851. The van der Waals surface area contributed by atoms with Crippen LogP contribution in [0.5, 0.6) is 5.88 Å². The van der Waals surface area contributed by atoms with E-state index in [1.54, 1.807) is 13.2 Å². The molecule has 0 saturated carbocycles. The molecule has 3 rings (SSSR count). The number of pyridine rings is 1. The molecule has 0 spiro atoms. The number of nitrogens with zero attached hydrogens (tertiary/aromatic N) is 1. The molecule has 3 aromatic rings. The number of carbonyl (C=O) groups is 1. The van der Waals surface area contributed by atoms with Crippen molar-refractivity contribution in [3.63, 3.8) is 0 Å². The lowest BCUT2D eigenvalue weighted by atomic mass is 10.00. The Balaban J connectivity index is 2.31. The van der Waals surface area contributed by atoms with Crippen molar-refractivity contribution < 1.29 is 9.53 Å². The lowest BCUT2D eigenvalue weighted by Crippen LogP contribution is -1.95. The lowest BCUT2D eigenvalue weighted by molar-refractivity contribution is 0.112. The fourth-order valence-corrected chi connectivity index (χ4v) is 2.29. The Kier molecular flexibility index (Phi) is 3.17. The highest BCUT2D eigenvalue weighted by Gasteiger charge is 2.12. The number of methoxy groups -OCH3 is 1. The molecule has 0 fully saturated rings. The van der Waals surface area contributed by atoms with E-state index in [2.05, 4.69) is 4.98 Å². The molecule has 1 aromatic heterocycles. The first-order valence-electron chi connectivity index (χ1n) is 6.32. The predicted octanol–water partition coefficient (Wildman–Crippen LogP) is 3.72. The summed E-state index contributed by atoms with van der Waals surface area (Å²) in [5.41, 5.74) is 3.16. The van der Waals surface area contributed by atoms with Gasteiger partial charge in [-0.25, -0.2) is 4.98 Å². The summed E-state index contributed by atoms with van der Waals surface area (Å²) in [6.45, 7) is 0. The normalized spacial score (nSPS) is 10.4. The SMILES string of the molecule is COc1nc2ccccc2cc1-c1ccccc1C=O. The summed E-state index contributed by atoms with van der Waals surface area (Å²) >= 11 is 0. The van der Waals surface area contributed by atoms with E-state index >= 15 is 0 Å². The van der Waals surface area contributed by atoms with Crippen LogP contribution >= 0.6 is 0 Å². The Labute approximate surface area is 116 Å². The van der Waals surface area contributed by atoms with Crippen molar-refractivity contribution in [1.82, 2.24) is 4.98 Å². The van der Waals surface area contributed by atoms with Crippen molar-refractivity contribution in [3.05, 3.63) is 60.2 Å². The van der Waals surface area contributed by atoms with Gasteiger partial charge < -0.3 is 4.74 Å². The maximum Gasteiger partial charge on any atom is 0.221 e. The number of aromatic nitrogens is 1. The highest BCUT2D eigenvalue weighted by molar-refractivity contribution is 5.92. The summed E-state index contributed by atoms with van der Waals surface area (Å²) in [7, 11) is 1.59. The van der Waals surface area contributed by atoms with Gasteiger partial charge in [0.25, 0.3) is 0 Å². The Bertz CT molecular complexity index is 781. The maximum absolute atomic E-state index is 11.2. The van der Waals surface area contributed by atoms with E-state index in [-0.39, 0.29) is 0 Å². The average Bonchev–Trinajstić information content (AvgIpc) is 2.53. The number of benzene rings is 2. The second-order valence-corrected chi connectivity index (χ2v) is 4.44. The third-order valence-corrected chi connectivity index (χ3v) is 3.26. The van der Waals surface area contributed by atoms with E-state index in [4.69, 9.17) is 4.74 Å². The van der Waals surface area contributed by atoms with Crippen LogP contribution in [0.2, 0.25) is 0 Å². The zero-order valence-electron chi connectivity index (χ0n) is 11.0. The number of fused-ring (bicyclic) bond motifs is 1. The molecule has 0 N–H and O–H groups in total. The summed E-state index contributed by atoms with van der Waals surface area (Å²) < 4.78 is 5.38. The molecule has 3 heteroatoms. The number of para-hydroxylation sites is 1. The van der Waals surface area contributed by atoms with Gasteiger partial charge in [0.2, 0.25) is 5.88 Å². The van der Waals surface area contributed by atoms with Crippen molar-refractivity contribution >= 4 is 17.2 Å². The number of hydrogen-bond acceptors (Lipinski definition) is 3.